The van der Waals surface area contributed by atoms with Crippen molar-refractivity contribution < 1.29 is 19.1 Å². The highest BCUT2D eigenvalue weighted by Crippen LogP contribution is 2.61. The van der Waals surface area contributed by atoms with Crippen molar-refractivity contribution in [3.8, 4) is 5.75 Å². The molecule has 3 aromatic carbocycles. The Morgan fingerprint density at radius 1 is 0.742 bits per heavy atom. The number of hydrogen-bond donors (Lipinski definition) is 0. The largest absolute Gasteiger partial charge is 0.427 e. The van der Waals surface area contributed by atoms with Crippen LogP contribution in [0.15, 0.2) is 72.8 Å². The summed E-state index contributed by atoms with van der Waals surface area (Å²) in [7, 11) is 0. The maximum Gasteiger partial charge on any atom is 0.308 e. The van der Waals surface area contributed by atoms with E-state index < -0.39 is 17.8 Å². The van der Waals surface area contributed by atoms with E-state index in [9.17, 15) is 14.4 Å². The van der Waals surface area contributed by atoms with Crippen LogP contribution in [0.25, 0.3) is 0 Å². The minimum atomic E-state index is -0.450. The highest BCUT2D eigenvalue weighted by Gasteiger charge is 2.61. The SMILES string of the molecule is CC(=O)Oc1cccc(N2C(=O)[C@@H]3C4c5ccccc5C(c5ccccc54)[C@@H]3C2=O)c1. The third-order valence-electron chi connectivity index (χ3n) is 6.79. The minimum Gasteiger partial charge on any atom is -0.427 e. The van der Waals surface area contributed by atoms with Crippen molar-refractivity contribution in [1.29, 1.82) is 0 Å². The molecule has 7 rings (SSSR count). The average molecular weight is 409 g/mol. The Bertz CT molecular complexity index is 1160. The number of carbonyl (C=O) groups excluding carboxylic acids is 3. The van der Waals surface area contributed by atoms with Crippen molar-refractivity contribution in [2.45, 2.75) is 18.8 Å². The molecule has 31 heavy (non-hydrogen) atoms. The molecule has 0 saturated carbocycles. The molecule has 0 aromatic heterocycles. The van der Waals surface area contributed by atoms with E-state index in [1.165, 1.54) is 11.8 Å². The van der Waals surface area contributed by atoms with Gasteiger partial charge in [0.25, 0.3) is 0 Å². The fraction of sp³-hybridized carbons (Fsp3) is 0.192. The van der Waals surface area contributed by atoms with Crippen LogP contribution in [0, 0.1) is 11.8 Å². The summed E-state index contributed by atoms with van der Waals surface area (Å²) in [6.45, 7) is 1.32. The van der Waals surface area contributed by atoms with Crippen LogP contribution in [-0.4, -0.2) is 17.8 Å². The van der Waals surface area contributed by atoms with Crippen molar-refractivity contribution in [2.75, 3.05) is 4.90 Å². The Kier molecular flexibility index (Phi) is 3.72. The first-order valence-electron chi connectivity index (χ1n) is 10.4. The second-order valence-electron chi connectivity index (χ2n) is 8.37. The molecule has 0 unspecified atom stereocenters. The van der Waals surface area contributed by atoms with Gasteiger partial charge in [-0.2, -0.15) is 0 Å². The molecule has 2 amide bonds. The van der Waals surface area contributed by atoms with Crippen LogP contribution in [0.2, 0.25) is 0 Å². The zero-order valence-corrected chi connectivity index (χ0v) is 16.8. The quantitative estimate of drug-likeness (QED) is 0.365. The Morgan fingerprint density at radius 2 is 1.23 bits per heavy atom. The molecule has 4 aliphatic rings. The molecule has 1 heterocycles. The van der Waals surface area contributed by atoms with Crippen molar-refractivity contribution in [1.82, 2.24) is 0 Å². The smallest absolute Gasteiger partial charge is 0.308 e. The van der Waals surface area contributed by atoms with Gasteiger partial charge in [-0.25, -0.2) is 4.90 Å². The number of esters is 1. The number of amides is 2. The molecule has 1 saturated heterocycles. The number of imide groups is 1. The molecule has 2 bridgehead atoms. The summed E-state index contributed by atoms with van der Waals surface area (Å²) < 4.78 is 5.17. The number of nitrogens with zero attached hydrogens (tertiary/aromatic N) is 1. The number of hydrogen-bond acceptors (Lipinski definition) is 4. The maximum atomic E-state index is 13.7. The standard InChI is InChI=1S/C26H19NO4/c1-14(28)31-16-8-6-7-15(13-16)27-25(29)23-21-17-9-2-3-10-18(17)22(24(23)26(27)30)20-12-5-4-11-19(20)21/h2-13,21-24H,1H3/t21?,22?,23-,24+. The van der Waals surface area contributed by atoms with Crippen LogP contribution in [0.1, 0.15) is 41.0 Å². The number of rotatable bonds is 2. The van der Waals surface area contributed by atoms with E-state index in [4.69, 9.17) is 4.74 Å². The summed E-state index contributed by atoms with van der Waals surface area (Å²) in [6, 6.07) is 22.9. The van der Waals surface area contributed by atoms with Crippen molar-refractivity contribution in [3.05, 3.63) is 95.1 Å². The van der Waals surface area contributed by atoms with Gasteiger partial charge in [-0.1, -0.05) is 54.6 Å². The first kappa shape index (κ1) is 18.1. The Balaban J connectivity index is 1.50. The predicted octanol–water partition coefficient (Wildman–Crippen LogP) is 4.01. The zero-order valence-electron chi connectivity index (χ0n) is 16.8. The Labute approximate surface area is 179 Å². The van der Waals surface area contributed by atoms with E-state index >= 15 is 0 Å². The number of ether oxygens (including phenoxy) is 1. The predicted molar refractivity (Wildman–Crippen MR) is 114 cm³/mol. The van der Waals surface area contributed by atoms with Crippen LogP contribution in [0.3, 0.4) is 0 Å². The first-order chi connectivity index (χ1) is 15.1. The molecule has 0 N–H and O–H groups in total. The summed E-state index contributed by atoms with van der Waals surface area (Å²) in [5.74, 6) is -1.65. The van der Waals surface area contributed by atoms with Crippen LogP contribution < -0.4 is 9.64 Å². The lowest BCUT2D eigenvalue weighted by Crippen LogP contribution is -2.41. The zero-order chi connectivity index (χ0) is 21.3. The summed E-state index contributed by atoms with van der Waals surface area (Å²) in [5, 5.41) is 0. The van der Waals surface area contributed by atoms with Crippen LogP contribution in [-0.2, 0) is 14.4 Å². The molecular weight excluding hydrogens is 390 g/mol. The maximum absolute atomic E-state index is 13.7. The molecule has 1 fully saturated rings. The van der Waals surface area contributed by atoms with Gasteiger partial charge in [-0.15, -0.1) is 0 Å². The van der Waals surface area contributed by atoms with E-state index in [-0.39, 0.29) is 23.7 Å². The van der Waals surface area contributed by atoms with Gasteiger partial charge in [0, 0.05) is 24.8 Å². The van der Waals surface area contributed by atoms with E-state index in [2.05, 4.69) is 24.3 Å². The summed E-state index contributed by atoms with van der Waals surface area (Å²) in [4.78, 5) is 40.0. The molecule has 5 heteroatoms. The second kappa shape index (κ2) is 6.38. The van der Waals surface area contributed by atoms with Crippen LogP contribution >= 0.6 is 0 Å². The van der Waals surface area contributed by atoms with Gasteiger partial charge in [-0.3, -0.25) is 14.4 Å². The van der Waals surface area contributed by atoms with Gasteiger partial charge in [0.05, 0.1) is 17.5 Å². The Morgan fingerprint density at radius 3 is 1.68 bits per heavy atom. The normalized spacial score (nSPS) is 25.1. The van der Waals surface area contributed by atoms with Crippen molar-refractivity contribution in [2.24, 2.45) is 11.8 Å². The fourth-order valence-electron chi connectivity index (χ4n) is 5.78. The van der Waals surface area contributed by atoms with E-state index in [0.717, 1.165) is 22.3 Å². The summed E-state index contributed by atoms with van der Waals surface area (Å²) >= 11 is 0. The second-order valence-corrected chi connectivity index (χ2v) is 8.37. The molecule has 152 valence electrons. The number of benzene rings is 3. The highest BCUT2D eigenvalue weighted by molar-refractivity contribution is 6.23. The molecular formula is C26H19NO4. The third kappa shape index (κ3) is 2.40. The first-order valence-corrected chi connectivity index (χ1v) is 10.4. The average Bonchev–Trinajstić information content (AvgIpc) is 3.04. The minimum absolute atomic E-state index is 0.138. The lowest BCUT2D eigenvalue weighted by molar-refractivity contribution is -0.132. The van der Waals surface area contributed by atoms with E-state index in [1.54, 1.807) is 24.3 Å². The monoisotopic (exact) mass is 409 g/mol. The molecule has 3 aromatic rings. The van der Waals surface area contributed by atoms with Gasteiger partial charge in [-0.05, 0) is 34.4 Å². The Hall–Kier alpha value is -3.73. The lowest BCUT2D eigenvalue weighted by Gasteiger charge is -2.45. The van der Waals surface area contributed by atoms with E-state index in [1.807, 2.05) is 24.3 Å². The van der Waals surface area contributed by atoms with Gasteiger partial charge >= 0.3 is 5.97 Å². The van der Waals surface area contributed by atoms with Crippen LogP contribution in [0.5, 0.6) is 5.75 Å². The van der Waals surface area contributed by atoms with Gasteiger partial charge in [0.15, 0.2) is 0 Å². The van der Waals surface area contributed by atoms with Gasteiger partial charge in [0.2, 0.25) is 11.8 Å². The lowest BCUT2D eigenvalue weighted by atomic mass is 9.55. The fourth-order valence-corrected chi connectivity index (χ4v) is 5.78. The third-order valence-corrected chi connectivity index (χ3v) is 6.79. The molecule has 3 aliphatic carbocycles. The number of anilines is 1. The summed E-state index contributed by atoms with van der Waals surface area (Å²) in [6.07, 6.45) is 0. The van der Waals surface area contributed by atoms with Crippen LogP contribution in [0.4, 0.5) is 5.69 Å². The topological polar surface area (TPSA) is 63.7 Å². The molecule has 1 aliphatic heterocycles. The number of carbonyl (C=O) groups is 3. The van der Waals surface area contributed by atoms with Gasteiger partial charge in [0.1, 0.15) is 5.75 Å². The van der Waals surface area contributed by atoms with E-state index in [0.29, 0.717) is 11.4 Å². The van der Waals surface area contributed by atoms with Gasteiger partial charge < -0.3 is 4.74 Å². The summed E-state index contributed by atoms with van der Waals surface area (Å²) in [5.41, 5.74) is 5.01. The van der Waals surface area contributed by atoms with Crippen molar-refractivity contribution in [3.63, 3.8) is 0 Å². The highest BCUT2D eigenvalue weighted by atomic mass is 16.5. The molecule has 2 atom stereocenters. The molecule has 5 nitrogen and oxygen atoms in total. The van der Waals surface area contributed by atoms with Crippen molar-refractivity contribution >= 4 is 23.5 Å². The molecule has 0 spiro atoms. The molecule has 0 radical (unpaired) electrons.